The fourth-order valence-corrected chi connectivity index (χ4v) is 1.46. The summed E-state index contributed by atoms with van der Waals surface area (Å²) in [5, 5.41) is 8.89. The summed E-state index contributed by atoms with van der Waals surface area (Å²) in [6, 6.07) is 6.99. The molecule has 1 aromatic rings. The zero-order chi connectivity index (χ0) is 13.5. The highest BCUT2D eigenvalue weighted by Gasteiger charge is 2.15. The lowest BCUT2D eigenvalue weighted by molar-refractivity contribution is -0.141. The van der Waals surface area contributed by atoms with Crippen molar-refractivity contribution < 1.29 is 19.4 Å². The van der Waals surface area contributed by atoms with Gasteiger partial charge in [0.25, 0.3) is 0 Å². The Hall–Kier alpha value is -1.88. The Morgan fingerprint density at radius 1 is 1.33 bits per heavy atom. The van der Waals surface area contributed by atoms with E-state index < -0.39 is 11.9 Å². The number of ether oxygens (including phenoxy) is 1. The second-order valence-electron chi connectivity index (χ2n) is 4.11. The number of hydrogen-bond donors (Lipinski definition) is 2. The van der Waals surface area contributed by atoms with Crippen molar-refractivity contribution in [1.29, 1.82) is 0 Å². The highest BCUT2D eigenvalue weighted by atomic mass is 16.5. The average molecular weight is 251 g/mol. The summed E-state index contributed by atoms with van der Waals surface area (Å²) in [7, 11) is 0. The van der Waals surface area contributed by atoms with E-state index in [0.717, 1.165) is 5.56 Å². The van der Waals surface area contributed by atoms with Crippen LogP contribution in [-0.4, -0.2) is 30.0 Å². The number of carbonyl (C=O) groups excluding carboxylic acids is 1. The second-order valence-corrected chi connectivity index (χ2v) is 4.11. The van der Waals surface area contributed by atoms with E-state index in [-0.39, 0.29) is 18.9 Å². The van der Waals surface area contributed by atoms with Crippen molar-refractivity contribution in [2.45, 2.75) is 13.3 Å². The minimum Gasteiger partial charge on any atom is -0.486 e. The van der Waals surface area contributed by atoms with Gasteiger partial charge in [-0.2, -0.15) is 0 Å². The molecular formula is C13H17NO4. The van der Waals surface area contributed by atoms with Crippen LogP contribution < -0.4 is 10.5 Å². The zero-order valence-corrected chi connectivity index (χ0v) is 10.3. The van der Waals surface area contributed by atoms with Gasteiger partial charge in [0.05, 0.1) is 5.92 Å². The van der Waals surface area contributed by atoms with Crippen molar-refractivity contribution in [3.05, 3.63) is 29.8 Å². The molecule has 98 valence electrons. The SMILES string of the molecule is CC(=O)COc1ccc(CC(CN)C(=O)O)cc1. The Bertz CT molecular complexity index is 414. The Kier molecular flexibility index (Phi) is 5.32. The van der Waals surface area contributed by atoms with E-state index in [1.165, 1.54) is 6.92 Å². The monoisotopic (exact) mass is 251 g/mol. The summed E-state index contributed by atoms with van der Waals surface area (Å²) < 4.78 is 5.21. The number of benzene rings is 1. The Morgan fingerprint density at radius 3 is 2.39 bits per heavy atom. The van der Waals surface area contributed by atoms with E-state index in [1.54, 1.807) is 24.3 Å². The van der Waals surface area contributed by atoms with Crippen LogP contribution in [-0.2, 0) is 16.0 Å². The first-order valence-corrected chi connectivity index (χ1v) is 5.67. The molecule has 0 radical (unpaired) electrons. The molecule has 5 nitrogen and oxygen atoms in total. The highest BCUT2D eigenvalue weighted by molar-refractivity contribution is 5.77. The van der Waals surface area contributed by atoms with Gasteiger partial charge in [0.2, 0.25) is 0 Å². The van der Waals surface area contributed by atoms with Crippen LogP contribution in [0.3, 0.4) is 0 Å². The quantitative estimate of drug-likeness (QED) is 0.750. The van der Waals surface area contributed by atoms with Gasteiger partial charge in [0.15, 0.2) is 5.78 Å². The Labute approximate surface area is 106 Å². The fourth-order valence-electron chi connectivity index (χ4n) is 1.46. The third-order valence-electron chi connectivity index (χ3n) is 2.48. The number of nitrogens with two attached hydrogens (primary N) is 1. The lowest BCUT2D eigenvalue weighted by Crippen LogP contribution is -2.25. The van der Waals surface area contributed by atoms with Crippen LogP contribution in [0.25, 0.3) is 0 Å². The predicted octanol–water partition coefficient (Wildman–Crippen LogP) is 0.856. The molecule has 1 unspecified atom stereocenters. The molecule has 0 saturated heterocycles. The molecule has 0 saturated carbocycles. The number of carbonyl (C=O) groups is 2. The first-order valence-electron chi connectivity index (χ1n) is 5.67. The molecule has 0 spiro atoms. The minimum atomic E-state index is -0.894. The Morgan fingerprint density at radius 2 is 1.94 bits per heavy atom. The molecule has 0 amide bonds. The molecule has 0 fully saturated rings. The van der Waals surface area contributed by atoms with E-state index in [2.05, 4.69) is 0 Å². The molecule has 0 aromatic heterocycles. The summed E-state index contributed by atoms with van der Waals surface area (Å²) in [5.41, 5.74) is 6.27. The van der Waals surface area contributed by atoms with Gasteiger partial charge in [-0.05, 0) is 31.0 Å². The van der Waals surface area contributed by atoms with Crippen LogP contribution in [0.1, 0.15) is 12.5 Å². The van der Waals surface area contributed by atoms with Crippen LogP contribution in [0, 0.1) is 5.92 Å². The van der Waals surface area contributed by atoms with Crippen molar-refractivity contribution in [1.82, 2.24) is 0 Å². The average Bonchev–Trinajstić information content (AvgIpc) is 2.34. The van der Waals surface area contributed by atoms with Crippen LogP contribution in [0.2, 0.25) is 0 Å². The number of ketones is 1. The molecule has 0 aliphatic heterocycles. The van der Waals surface area contributed by atoms with Gasteiger partial charge < -0.3 is 15.6 Å². The standard InChI is InChI=1S/C13H17NO4/c1-9(15)8-18-12-4-2-10(3-5-12)6-11(7-14)13(16)17/h2-5,11H,6-8,14H2,1H3,(H,16,17). The molecule has 0 aliphatic carbocycles. The zero-order valence-electron chi connectivity index (χ0n) is 10.3. The lowest BCUT2D eigenvalue weighted by atomic mass is 10.00. The molecule has 0 bridgehead atoms. The van der Waals surface area contributed by atoms with E-state index in [9.17, 15) is 9.59 Å². The van der Waals surface area contributed by atoms with Gasteiger partial charge in [-0.1, -0.05) is 12.1 Å². The highest BCUT2D eigenvalue weighted by Crippen LogP contribution is 2.15. The third kappa shape index (κ3) is 4.55. The first kappa shape index (κ1) is 14.2. The van der Waals surface area contributed by atoms with Gasteiger partial charge in [-0.25, -0.2) is 0 Å². The van der Waals surface area contributed by atoms with Gasteiger partial charge in [0.1, 0.15) is 12.4 Å². The normalized spacial score (nSPS) is 11.9. The van der Waals surface area contributed by atoms with Crippen LogP contribution in [0.15, 0.2) is 24.3 Å². The second kappa shape index (κ2) is 6.76. The molecule has 1 rings (SSSR count). The van der Waals surface area contributed by atoms with Crippen molar-refractivity contribution in [3.8, 4) is 5.75 Å². The van der Waals surface area contributed by atoms with Gasteiger partial charge in [-0.15, -0.1) is 0 Å². The number of aliphatic carboxylic acids is 1. The van der Waals surface area contributed by atoms with Crippen LogP contribution >= 0.6 is 0 Å². The minimum absolute atomic E-state index is 0.0416. The van der Waals surface area contributed by atoms with Gasteiger partial charge >= 0.3 is 5.97 Å². The maximum atomic E-state index is 10.8. The van der Waals surface area contributed by atoms with Crippen molar-refractivity contribution in [3.63, 3.8) is 0 Å². The summed E-state index contributed by atoms with van der Waals surface area (Å²) >= 11 is 0. The molecule has 5 heteroatoms. The molecule has 1 atom stereocenters. The van der Waals surface area contributed by atoms with Crippen molar-refractivity contribution >= 4 is 11.8 Å². The van der Waals surface area contributed by atoms with E-state index in [4.69, 9.17) is 15.6 Å². The smallest absolute Gasteiger partial charge is 0.308 e. The molecule has 0 aliphatic rings. The Balaban J connectivity index is 2.59. The number of Topliss-reactive ketones (excluding diaryl/α,β-unsaturated/α-hetero) is 1. The maximum absolute atomic E-state index is 10.8. The van der Waals surface area contributed by atoms with Crippen molar-refractivity contribution in [2.75, 3.05) is 13.2 Å². The third-order valence-corrected chi connectivity index (χ3v) is 2.48. The predicted molar refractivity (Wildman–Crippen MR) is 66.5 cm³/mol. The fraction of sp³-hybridized carbons (Fsp3) is 0.385. The van der Waals surface area contributed by atoms with Gasteiger partial charge in [0, 0.05) is 6.54 Å². The van der Waals surface area contributed by atoms with E-state index in [0.29, 0.717) is 12.2 Å². The molecule has 3 N–H and O–H groups in total. The summed E-state index contributed by atoms with van der Waals surface area (Å²) in [6.07, 6.45) is 0.388. The molecule has 0 heterocycles. The number of carboxylic acid groups (broad SMARTS) is 1. The molecular weight excluding hydrogens is 234 g/mol. The van der Waals surface area contributed by atoms with Gasteiger partial charge in [-0.3, -0.25) is 9.59 Å². The van der Waals surface area contributed by atoms with Crippen molar-refractivity contribution in [2.24, 2.45) is 11.7 Å². The number of hydrogen-bond acceptors (Lipinski definition) is 4. The molecule has 18 heavy (non-hydrogen) atoms. The van der Waals surface area contributed by atoms with E-state index >= 15 is 0 Å². The largest absolute Gasteiger partial charge is 0.486 e. The molecule has 1 aromatic carbocycles. The lowest BCUT2D eigenvalue weighted by Gasteiger charge is -2.10. The first-order chi connectivity index (χ1) is 8.52. The summed E-state index contributed by atoms with van der Waals surface area (Å²) in [4.78, 5) is 21.6. The van der Waals surface area contributed by atoms with Crippen LogP contribution in [0.5, 0.6) is 5.75 Å². The summed E-state index contributed by atoms with van der Waals surface area (Å²) in [6.45, 7) is 1.60. The topological polar surface area (TPSA) is 89.6 Å². The van der Waals surface area contributed by atoms with Crippen LogP contribution in [0.4, 0.5) is 0 Å². The maximum Gasteiger partial charge on any atom is 0.308 e. The van der Waals surface area contributed by atoms with E-state index in [1.807, 2.05) is 0 Å². The summed E-state index contributed by atoms with van der Waals surface area (Å²) in [5.74, 6) is -0.926. The number of rotatable bonds is 7. The number of carboxylic acids is 1.